The fraction of sp³-hybridized carbons (Fsp3) is 0.556. The van der Waals surface area contributed by atoms with Gasteiger partial charge in [0.1, 0.15) is 11.5 Å². The molecule has 2 aliphatic carbocycles. The highest BCUT2D eigenvalue weighted by Crippen LogP contribution is 2.40. The van der Waals surface area contributed by atoms with Crippen LogP contribution in [0.5, 0.6) is 5.75 Å². The second-order valence-electron chi connectivity index (χ2n) is 6.31. The molecular formula is C18H23NO3. The summed E-state index contributed by atoms with van der Waals surface area (Å²) in [4.78, 5) is 24.7. The van der Waals surface area contributed by atoms with E-state index >= 15 is 0 Å². The van der Waals surface area contributed by atoms with Crippen molar-refractivity contribution in [2.24, 2.45) is 17.8 Å². The van der Waals surface area contributed by atoms with Crippen LogP contribution in [0, 0.1) is 17.8 Å². The zero-order valence-corrected chi connectivity index (χ0v) is 13.0. The van der Waals surface area contributed by atoms with E-state index in [1.54, 1.807) is 0 Å². The van der Waals surface area contributed by atoms with E-state index in [1.807, 2.05) is 31.2 Å². The van der Waals surface area contributed by atoms with Gasteiger partial charge in [-0.3, -0.25) is 9.59 Å². The largest absolute Gasteiger partial charge is 0.492 e. The number of carbonyl (C=O) groups is 2. The molecule has 2 fully saturated rings. The van der Waals surface area contributed by atoms with Crippen LogP contribution in [0.2, 0.25) is 0 Å². The molecule has 2 aliphatic rings. The Kier molecular flexibility index (Phi) is 4.46. The first-order valence-corrected chi connectivity index (χ1v) is 8.25. The molecule has 0 heterocycles. The van der Waals surface area contributed by atoms with Crippen LogP contribution >= 0.6 is 0 Å². The van der Waals surface area contributed by atoms with Crippen molar-refractivity contribution in [1.82, 2.24) is 0 Å². The molecule has 0 unspecified atom stereocenters. The number of rotatable bonds is 4. The number of amides is 1. The molecule has 22 heavy (non-hydrogen) atoms. The quantitative estimate of drug-likeness (QED) is 0.927. The van der Waals surface area contributed by atoms with Gasteiger partial charge in [-0.05, 0) is 44.7 Å². The van der Waals surface area contributed by atoms with Crippen LogP contribution in [0.3, 0.4) is 0 Å². The van der Waals surface area contributed by atoms with Crippen molar-refractivity contribution in [3.63, 3.8) is 0 Å². The lowest BCUT2D eigenvalue weighted by Gasteiger charge is -2.37. The van der Waals surface area contributed by atoms with E-state index in [0.717, 1.165) is 24.9 Å². The molecule has 1 aromatic carbocycles. The molecule has 2 atom stereocenters. The highest BCUT2D eigenvalue weighted by atomic mass is 16.5. The number of Topliss-reactive ketones (excluding diaryl/α,β-unsaturated/α-hetero) is 1. The van der Waals surface area contributed by atoms with Crippen molar-refractivity contribution >= 4 is 17.4 Å². The summed E-state index contributed by atoms with van der Waals surface area (Å²) in [6.45, 7) is 2.49. The van der Waals surface area contributed by atoms with Gasteiger partial charge in [0.15, 0.2) is 0 Å². The Bertz CT molecular complexity index is 553. The van der Waals surface area contributed by atoms with Gasteiger partial charge in [0.25, 0.3) is 0 Å². The minimum atomic E-state index is -0.0531. The maximum absolute atomic E-state index is 12.6. The normalized spacial score (nSPS) is 27.3. The Balaban J connectivity index is 1.69. The van der Waals surface area contributed by atoms with Crippen molar-refractivity contribution in [3.8, 4) is 5.75 Å². The average molecular weight is 301 g/mol. The predicted molar refractivity (Wildman–Crippen MR) is 84.8 cm³/mol. The third-order valence-corrected chi connectivity index (χ3v) is 4.86. The monoisotopic (exact) mass is 301 g/mol. The maximum atomic E-state index is 12.6. The molecule has 0 aromatic heterocycles. The summed E-state index contributed by atoms with van der Waals surface area (Å²) in [5.41, 5.74) is 0.719. The fourth-order valence-corrected chi connectivity index (χ4v) is 3.78. The van der Waals surface area contributed by atoms with Gasteiger partial charge in [0, 0.05) is 17.8 Å². The Hall–Kier alpha value is -1.84. The molecule has 0 aliphatic heterocycles. The lowest BCUT2D eigenvalue weighted by Crippen LogP contribution is -2.40. The number of carbonyl (C=O) groups excluding carboxylic acids is 2. The van der Waals surface area contributed by atoms with E-state index in [1.165, 1.54) is 0 Å². The predicted octanol–water partition coefficient (Wildman–Crippen LogP) is 3.42. The molecular weight excluding hydrogens is 278 g/mol. The number of nitrogens with one attached hydrogen (secondary N) is 1. The highest BCUT2D eigenvalue weighted by Gasteiger charge is 2.41. The molecule has 0 radical (unpaired) electrons. The summed E-state index contributed by atoms with van der Waals surface area (Å²) in [6.07, 6.45) is 4.45. The van der Waals surface area contributed by atoms with Crippen LogP contribution in [-0.2, 0) is 9.59 Å². The topological polar surface area (TPSA) is 55.4 Å². The van der Waals surface area contributed by atoms with Crippen molar-refractivity contribution in [2.45, 2.75) is 39.0 Å². The van der Waals surface area contributed by atoms with E-state index < -0.39 is 0 Å². The number of hydrogen-bond acceptors (Lipinski definition) is 3. The molecule has 1 aromatic rings. The smallest absolute Gasteiger partial charge is 0.227 e. The zero-order chi connectivity index (χ0) is 15.5. The van der Waals surface area contributed by atoms with E-state index in [2.05, 4.69) is 5.32 Å². The first kappa shape index (κ1) is 15.1. The Morgan fingerprint density at radius 1 is 1.23 bits per heavy atom. The fourth-order valence-electron chi connectivity index (χ4n) is 3.78. The summed E-state index contributed by atoms with van der Waals surface area (Å²) < 4.78 is 5.55. The molecule has 4 heteroatoms. The van der Waals surface area contributed by atoms with Crippen LogP contribution in [0.15, 0.2) is 24.3 Å². The maximum Gasteiger partial charge on any atom is 0.227 e. The van der Waals surface area contributed by atoms with Crippen molar-refractivity contribution in [3.05, 3.63) is 24.3 Å². The summed E-state index contributed by atoms with van der Waals surface area (Å²) in [5, 5.41) is 2.99. The van der Waals surface area contributed by atoms with Crippen LogP contribution in [0.25, 0.3) is 0 Å². The molecule has 1 amide bonds. The molecule has 1 N–H and O–H groups in total. The summed E-state index contributed by atoms with van der Waals surface area (Å²) in [5.74, 6) is 1.27. The lowest BCUT2D eigenvalue weighted by molar-refractivity contribution is -0.136. The van der Waals surface area contributed by atoms with Crippen LogP contribution in [-0.4, -0.2) is 18.3 Å². The van der Waals surface area contributed by atoms with Crippen molar-refractivity contribution < 1.29 is 14.3 Å². The SMILES string of the molecule is CCOc1ccccc1NC(=O)C1C[C@H]2CCC[C@H](C1)C2=O. The standard InChI is InChI=1S/C18H23NO3/c1-2-22-16-9-4-3-8-15(16)19-18(21)14-10-12-6-5-7-13(11-14)17(12)20/h3-4,8-9,12-14H,2,5-7,10-11H2,1H3,(H,19,21)/t12-,13-/m1/s1. The number of anilines is 1. The number of para-hydroxylation sites is 2. The number of benzene rings is 1. The number of hydrogen-bond donors (Lipinski definition) is 1. The summed E-state index contributed by atoms with van der Waals surface area (Å²) >= 11 is 0. The van der Waals surface area contributed by atoms with E-state index in [0.29, 0.717) is 31.0 Å². The van der Waals surface area contributed by atoms with Gasteiger partial charge in [-0.1, -0.05) is 18.6 Å². The van der Waals surface area contributed by atoms with E-state index in [4.69, 9.17) is 4.74 Å². The van der Waals surface area contributed by atoms with Crippen molar-refractivity contribution in [2.75, 3.05) is 11.9 Å². The van der Waals surface area contributed by atoms with Gasteiger partial charge in [-0.25, -0.2) is 0 Å². The lowest BCUT2D eigenvalue weighted by atomic mass is 9.67. The van der Waals surface area contributed by atoms with Gasteiger partial charge in [0.2, 0.25) is 5.91 Å². The first-order chi connectivity index (χ1) is 10.7. The third kappa shape index (κ3) is 3.01. The van der Waals surface area contributed by atoms with Gasteiger partial charge in [-0.15, -0.1) is 0 Å². The van der Waals surface area contributed by atoms with Crippen LogP contribution in [0.4, 0.5) is 5.69 Å². The van der Waals surface area contributed by atoms with E-state index in [-0.39, 0.29) is 23.7 Å². The van der Waals surface area contributed by atoms with Crippen molar-refractivity contribution in [1.29, 1.82) is 0 Å². The highest BCUT2D eigenvalue weighted by molar-refractivity contribution is 5.96. The molecule has 0 saturated heterocycles. The second-order valence-corrected chi connectivity index (χ2v) is 6.31. The van der Waals surface area contributed by atoms with Gasteiger partial charge < -0.3 is 10.1 Å². The molecule has 2 saturated carbocycles. The first-order valence-electron chi connectivity index (χ1n) is 8.25. The second kappa shape index (κ2) is 6.51. The summed E-state index contributed by atoms with van der Waals surface area (Å²) in [6, 6.07) is 7.50. The molecule has 0 spiro atoms. The van der Waals surface area contributed by atoms with E-state index in [9.17, 15) is 9.59 Å². The van der Waals surface area contributed by atoms with Gasteiger partial charge in [0.05, 0.1) is 12.3 Å². The Labute approximate surface area is 131 Å². The minimum Gasteiger partial charge on any atom is -0.492 e. The minimum absolute atomic E-state index is 0.0246. The number of ether oxygens (including phenoxy) is 1. The molecule has 4 nitrogen and oxygen atoms in total. The zero-order valence-electron chi connectivity index (χ0n) is 13.0. The van der Waals surface area contributed by atoms with Gasteiger partial charge in [-0.2, -0.15) is 0 Å². The van der Waals surface area contributed by atoms with Gasteiger partial charge >= 0.3 is 0 Å². The number of fused-ring (bicyclic) bond motifs is 2. The van der Waals surface area contributed by atoms with Crippen LogP contribution < -0.4 is 10.1 Å². The summed E-state index contributed by atoms with van der Waals surface area (Å²) in [7, 11) is 0. The Morgan fingerprint density at radius 2 is 1.91 bits per heavy atom. The average Bonchev–Trinajstić information content (AvgIpc) is 2.49. The number of ketones is 1. The Morgan fingerprint density at radius 3 is 2.59 bits per heavy atom. The molecule has 3 rings (SSSR count). The molecule has 2 bridgehead atoms. The molecule has 118 valence electrons. The third-order valence-electron chi connectivity index (χ3n) is 4.86. The van der Waals surface area contributed by atoms with Crippen LogP contribution in [0.1, 0.15) is 39.0 Å².